The van der Waals surface area contributed by atoms with Crippen molar-refractivity contribution in [3.8, 4) is 17.0 Å². The second-order valence-electron chi connectivity index (χ2n) is 5.94. The van der Waals surface area contributed by atoms with Crippen molar-refractivity contribution in [2.24, 2.45) is 0 Å². The maximum absolute atomic E-state index is 12.5. The lowest BCUT2D eigenvalue weighted by Crippen LogP contribution is -2.12. The lowest BCUT2D eigenvalue weighted by Gasteiger charge is -2.08. The third-order valence-corrected chi connectivity index (χ3v) is 4.95. The molecular weight excluding hydrogens is 332 g/mol. The number of nitrogens with zero attached hydrogens (tertiary/aromatic N) is 1. The van der Waals surface area contributed by atoms with E-state index in [2.05, 4.69) is 43.2 Å². The summed E-state index contributed by atoms with van der Waals surface area (Å²) in [6, 6.07) is 11.4. The molecule has 1 aromatic heterocycles. The molecule has 0 unspecified atom stereocenters. The number of benzene rings is 2. The van der Waals surface area contributed by atoms with Gasteiger partial charge in [0.05, 0.1) is 18.4 Å². The van der Waals surface area contributed by atoms with E-state index in [1.807, 2.05) is 17.5 Å². The van der Waals surface area contributed by atoms with Crippen molar-refractivity contribution < 1.29 is 9.53 Å². The molecule has 0 spiro atoms. The monoisotopic (exact) mass is 352 g/mol. The molecule has 0 atom stereocenters. The Kier molecular flexibility index (Phi) is 4.86. The van der Waals surface area contributed by atoms with E-state index in [1.165, 1.54) is 28.0 Å². The SMILES string of the molecule is COc1ccccc1C(=O)Nc1nc(-c2cc(C)c(C)cc2C)cs1. The molecule has 0 aliphatic heterocycles. The van der Waals surface area contributed by atoms with Gasteiger partial charge in [-0.15, -0.1) is 11.3 Å². The number of hydrogen-bond acceptors (Lipinski definition) is 4. The quantitative estimate of drug-likeness (QED) is 0.719. The number of aryl methyl sites for hydroxylation is 3. The molecule has 128 valence electrons. The second-order valence-corrected chi connectivity index (χ2v) is 6.80. The van der Waals surface area contributed by atoms with Crippen LogP contribution in [-0.2, 0) is 0 Å². The van der Waals surface area contributed by atoms with Crippen LogP contribution < -0.4 is 10.1 Å². The van der Waals surface area contributed by atoms with Crippen LogP contribution in [0.3, 0.4) is 0 Å². The summed E-state index contributed by atoms with van der Waals surface area (Å²) >= 11 is 1.42. The zero-order chi connectivity index (χ0) is 18.0. The number of rotatable bonds is 4. The summed E-state index contributed by atoms with van der Waals surface area (Å²) < 4.78 is 5.24. The van der Waals surface area contributed by atoms with Gasteiger partial charge in [0, 0.05) is 10.9 Å². The molecule has 1 amide bonds. The molecule has 0 fully saturated rings. The van der Waals surface area contributed by atoms with Crippen LogP contribution in [0.25, 0.3) is 11.3 Å². The van der Waals surface area contributed by atoms with E-state index in [-0.39, 0.29) is 5.91 Å². The van der Waals surface area contributed by atoms with Crippen LogP contribution >= 0.6 is 11.3 Å². The van der Waals surface area contributed by atoms with Gasteiger partial charge in [-0.3, -0.25) is 10.1 Å². The maximum atomic E-state index is 12.5. The molecule has 1 N–H and O–H groups in total. The highest BCUT2D eigenvalue weighted by Crippen LogP contribution is 2.30. The molecule has 5 heteroatoms. The molecule has 3 aromatic rings. The van der Waals surface area contributed by atoms with E-state index in [4.69, 9.17) is 4.74 Å². The summed E-state index contributed by atoms with van der Waals surface area (Å²) in [7, 11) is 1.55. The third-order valence-electron chi connectivity index (χ3n) is 4.19. The van der Waals surface area contributed by atoms with Crippen LogP contribution in [0.1, 0.15) is 27.0 Å². The van der Waals surface area contributed by atoms with Gasteiger partial charge in [-0.2, -0.15) is 0 Å². The van der Waals surface area contributed by atoms with Crippen LogP contribution in [0.5, 0.6) is 5.75 Å². The predicted molar refractivity (Wildman–Crippen MR) is 103 cm³/mol. The highest BCUT2D eigenvalue weighted by Gasteiger charge is 2.14. The number of hydrogen-bond donors (Lipinski definition) is 1. The van der Waals surface area contributed by atoms with Gasteiger partial charge in [-0.05, 0) is 55.7 Å². The summed E-state index contributed by atoms with van der Waals surface area (Å²) in [5.41, 5.74) is 6.13. The first-order chi connectivity index (χ1) is 12.0. The number of carbonyl (C=O) groups excluding carboxylic acids is 1. The normalized spacial score (nSPS) is 10.6. The van der Waals surface area contributed by atoms with Crippen LogP contribution in [-0.4, -0.2) is 18.0 Å². The Morgan fingerprint density at radius 1 is 1.08 bits per heavy atom. The Balaban J connectivity index is 1.85. The van der Waals surface area contributed by atoms with Crippen LogP contribution in [0.4, 0.5) is 5.13 Å². The van der Waals surface area contributed by atoms with E-state index in [0.717, 1.165) is 11.3 Å². The fourth-order valence-corrected chi connectivity index (χ4v) is 3.39. The lowest BCUT2D eigenvalue weighted by atomic mass is 9.99. The number of ether oxygens (including phenoxy) is 1. The van der Waals surface area contributed by atoms with Gasteiger partial charge < -0.3 is 4.74 Å². The smallest absolute Gasteiger partial charge is 0.261 e. The Morgan fingerprint density at radius 3 is 2.56 bits per heavy atom. The predicted octanol–water partition coefficient (Wildman–Crippen LogP) is 5.00. The van der Waals surface area contributed by atoms with Crippen molar-refractivity contribution in [2.75, 3.05) is 12.4 Å². The molecular formula is C20H20N2O2S. The number of aromatic nitrogens is 1. The Hall–Kier alpha value is -2.66. The molecule has 2 aromatic carbocycles. The number of para-hydroxylation sites is 1. The zero-order valence-corrected chi connectivity index (χ0v) is 15.5. The number of carbonyl (C=O) groups is 1. The molecule has 0 radical (unpaired) electrons. The molecule has 0 saturated carbocycles. The first kappa shape index (κ1) is 17.2. The van der Waals surface area contributed by atoms with Crippen molar-refractivity contribution in [1.29, 1.82) is 0 Å². The number of amides is 1. The van der Waals surface area contributed by atoms with Crippen molar-refractivity contribution in [2.45, 2.75) is 20.8 Å². The van der Waals surface area contributed by atoms with Gasteiger partial charge in [0.15, 0.2) is 5.13 Å². The van der Waals surface area contributed by atoms with Gasteiger partial charge in [0.25, 0.3) is 5.91 Å². The average molecular weight is 352 g/mol. The lowest BCUT2D eigenvalue weighted by molar-refractivity contribution is 0.102. The molecule has 0 saturated heterocycles. The highest BCUT2D eigenvalue weighted by atomic mass is 32.1. The summed E-state index contributed by atoms with van der Waals surface area (Å²) in [5, 5.41) is 5.40. The van der Waals surface area contributed by atoms with E-state index in [1.54, 1.807) is 19.2 Å². The Labute approximate surface area is 151 Å². The number of thiazole rings is 1. The minimum absolute atomic E-state index is 0.227. The standard InChI is InChI=1S/C20H20N2O2S/c1-12-9-14(3)16(10-13(12)2)17-11-25-20(21-17)22-19(23)15-7-5-6-8-18(15)24-4/h5-11H,1-4H3,(H,21,22,23). The fourth-order valence-electron chi connectivity index (χ4n) is 2.69. The average Bonchev–Trinajstić information content (AvgIpc) is 3.06. The number of anilines is 1. The zero-order valence-electron chi connectivity index (χ0n) is 14.7. The molecule has 4 nitrogen and oxygen atoms in total. The Morgan fingerprint density at radius 2 is 1.80 bits per heavy atom. The van der Waals surface area contributed by atoms with Crippen molar-refractivity contribution in [1.82, 2.24) is 4.98 Å². The first-order valence-corrected chi connectivity index (χ1v) is 8.85. The Bertz CT molecular complexity index is 931. The molecule has 3 rings (SSSR count). The third kappa shape index (κ3) is 3.56. The molecule has 0 aliphatic rings. The summed E-state index contributed by atoms with van der Waals surface area (Å²) in [6.45, 7) is 6.27. The molecule has 25 heavy (non-hydrogen) atoms. The summed E-state index contributed by atoms with van der Waals surface area (Å²) in [4.78, 5) is 17.1. The minimum Gasteiger partial charge on any atom is -0.496 e. The van der Waals surface area contributed by atoms with E-state index >= 15 is 0 Å². The topological polar surface area (TPSA) is 51.2 Å². The number of methoxy groups -OCH3 is 1. The molecule has 0 bridgehead atoms. The van der Waals surface area contributed by atoms with E-state index in [9.17, 15) is 4.79 Å². The van der Waals surface area contributed by atoms with Crippen molar-refractivity contribution >= 4 is 22.4 Å². The van der Waals surface area contributed by atoms with Gasteiger partial charge in [-0.25, -0.2) is 4.98 Å². The fraction of sp³-hybridized carbons (Fsp3) is 0.200. The van der Waals surface area contributed by atoms with Gasteiger partial charge >= 0.3 is 0 Å². The minimum atomic E-state index is -0.227. The van der Waals surface area contributed by atoms with Gasteiger partial charge in [0.1, 0.15) is 5.75 Å². The highest BCUT2D eigenvalue weighted by molar-refractivity contribution is 7.14. The largest absolute Gasteiger partial charge is 0.496 e. The first-order valence-electron chi connectivity index (χ1n) is 7.97. The molecule has 0 aliphatic carbocycles. The number of nitrogens with one attached hydrogen (secondary N) is 1. The maximum Gasteiger partial charge on any atom is 0.261 e. The van der Waals surface area contributed by atoms with Gasteiger partial charge in [-0.1, -0.05) is 18.2 Å². The second kappa shape index (κ2) is 7.07. The van der Waals surface area contributed by atoms with Gasteiger partial charge in [0.2, 0.25) is 0 Å². The summed E-state index contributed by atoms with van der Waals surface area (Å²) in [6.07, 6.45) is 0. The van der Waals surface area contributed by atoms with Crippen molar-refractivity contribution in [3.63, 3.8) is 0 Å². The van der Waals surface area contributed by atoms with Crippen LogP contribution in [0.2, 0.25) is 0 Å². The molecule has 1 heterocycles. The van der Waals surface area contributed by atoms with Crippen LogP contribution in [0, 0.1) is 20.8 Å². The van der Waals surface area contributed by atoms with Crippen LogP contribution in [0.15, 0.2) is 41.8 Å². The van der Waals surface area contributed by atoms with E-state index in [0.29, 0.717) is 16.4 Å². The van der Waals surface area contributed by atoms with E-state index < -0.39 is 0 Å². The summed E-state index contributed by atoms with van der Waals surface area (Å²) in [5.74, 6) is 0.317. The van der Waals surface area contributed by atoms with Crippen molar-refractivity contribution in [3.05, 3.63) is 64.0 Å².